The highest BCUT2D eigenvalue weighted by Gasteiger charge is 2.41. The zero-order valence-electron chi connectivity index (χ0n) is 10.0. The summed E-state index contributed by atoms with van der Waals surface area (Å²) >= 11 is 0. The molecular formula is C15H18N2. The highest BCUT2D eigenvalue weighted by atomic mass is 15.2. The predicted molar refractivity (Wildman–Crippen MR) is 67.5 cm³/mol. The number of hydrogen-bond acceptors (Lipinski definition) is 2. The van der Waals surface area contributed by atoms with E-state index in [2.05, 4.69) is 41.3 Å². The van der Waals surface area contributed by atoms with Crippen molar-refractivity contribution in [3.05, 3.63) is 35.9 Å². The Hall–Kier alpha value is -1.33. The van der Waals surface area contributed by atoms with Gasteiger partial charge in [-0.3, -0.25) is 0 Å². The molecular weight excluding hydrogens is 208 g/mol. The molecule has 3 saturated heterocycles. The van der Waals surface area contributed by atoms with Gasteiger partial charge >= 0.3 is 0 Å². The Kier molecular flexibility index (Phi) is 2.86. The topological polar surface area (TPSA) is 27.0 Å². The second-order valence-corrected chi connectivity index (χ2v) is 5.35. The third-order valence-electron chi connectivity index (χ3n) is 4.43. The predicted octanol–water partition coefficient (Wildman–Crippen LogP) is 2.64. The fraction of sp³-hybridized carbons (Fsp3) is 0.533. The van der Waals surface area contributed by atoms with Crippen molar-refractivity contribution in [1.29, 1.82) is 5.26 Å². The SMILES string of the molecule is N#CC[C@@H]1CN2CC[C@@H]1[C@H](c1ccccc1)C2. The van der Waals surface area contributed by atoms with Crippen molar-refractivity contribution in [1.82, 2.24) is 4.90 Å². The van der Waals surface area contributed by atoms with Crippen LogP contribution in [0.5, 0.6) is 0 Å². The van der Waals surface area contributed by atoms with Gasteiger partial charge in [-0.25, -0.2) is 0 Å². The molecule has 0 radical (unpaired) electrons. The minimum atomic E-state index is 0.590. The van der Waals surface area contributed by atoms with E-state index in [1.807, 2.05) is 0 Å². The molecule has 88 valence electrons. The summed E-state index contributed by atoms with van der Waals surface area (Å²) in [6.45, 7) is 3.56. The van der Waals surface area contributed by atoms with E-state index < -0.39 is 0 Å². The molecule has 3 aliphatic heterocycles. The first-order chi connectivity index (χ1) is 8.38. The number of rotatable bonds is 2. The van der Waals surface area contributed by atoms with Crippen LogP contribution in [0.4, 0.5) is 0 Å². The molecule has 1 aromatic rings. The van der Waals surface area contributed by atoms with Gasteiger partial charge in [0.25, 0.3) is 0 Å². The van der Waals surface area contributed by atoms with Crippen LogP contribution in [0, 0.1) is 23.2 Å². The molecule has 4 rings (SSSR count). The summed E-state index contributed by atoms with van der Waals surface area (Å²) in [6.07, 6.45) is 2.00. The first-order valence-corrected chi connectivity index (χ1v) is 6.52. The third-order valence-corrected chi connectivity index (χ3v) is 4.43. The fourth-order valence-electron chi connectivity index (χ4n) is 3.62. The van der Waals surface area contributed by atoms with Crippen LogP contribution in [0.15, 0.2) is 30.3 Å². The second kappa shape index (κ2) is 4.50. The van der Waals surface area contributed by atoms with Gasteiger partial charge in [-0.1, -0.05) is 30.3 Å². The van der Waals surface area contributed by atoms with Gasteiger partial charge in [0.2, 0.25) is 0 Å². The van der Waals surface area contributed by atoms with Gasteiger partial charge in [-0.15, -0.1) is 0 Å². The standard InChI is InChI=1S/C15H18N2/c16-8-6-13-10-17-9-7-14(13)15(11-17)12-4-2-1-3-5-12/h1-5,13-15H,6-7,9-11H2/t13-,14+,15+/m1/s1. The molecule has 0 amide bonds. The zero-order valence-corrected chi connectivity index (χ0v) is 10.0. The highest BCUT2D eigenvalue weighted by molar-refractivity contribution is 5.23. The summed E-state index contributed by atoms with van der Waals surface area (Å²) in [6, 6.07) is 13.2. The summed E-state index contributed by atoms with van der Waals surface area (Å²) < 4.78 is 0. The Balaban J connectivity index is 1.85. The molecule has 0 aromatic heterocycles. The lowest BCUT2D eigenvalue weighted by Crippen LogP contribution is -2.51. The van der Waals surface area contributed by atoms with Crippen LogP contribution >= 0.6 is 0 Å². The fourth-order valence-corrected chi connectivity index (χ4v) is 3.62. The van der Waals surface area contributed by atoms with Crippen LogP contribution in [-0.4, -0.2) is 24.5 Å². The number of piperidine rings is 3. The van der Waals surface area contributed by atoms with Crippen molar-refractivity contribution >= 4 is 0 Å². The van der Waals surface area contributed by atoms with Gasteiger partial charge in [-0.05, 0) is 36.3 Å². The molecule has 0 aliphatic carbocycles. The van der Waals surface area contributed by atoms with E-state index in [1.54, 1.807) is 0 Å². The third kappa shape index (κ3) is 1.96. The van der Waals surface area contributed by atoms with Crippen molar-refractivity contribution in [2.24, 2.45) is 11.8 Å². The van der Waals surface area contributed by atoms with E-state index in [4.69, 9.17) is 5.26 Å². The molecule has 17 heavy (non-hydrogen) atoms. The molecule has 3 fully saturated rings. The van der Waals surface area contributed by atoms with Gasteiger partial charge < -0.3 is 4.90 Å². The minimum Gasteiger partial charge on any atom is -0.302 e. The van der Waals surface area contributed by atoms with E-state index in [-0.39, 0.29) is 0 Å². The summed E-state index contributed by atoms with van der Waals surface area (Å²) in [5.41, 5.74) is 1.46. The van der Waals surface area contributed by atoms with E-state index in [9.17, 15) is 0 Å². The van der Waals surface area contributed by atoms with E-state index >= 15 is 0 Å². The van der Waals surface area contributed by atoms with Crippen LogP contribution in [0.3, 0.4) is 0 Å². The van der Waals surface area contributed by atoms with Crippen molar-refractivity contribution in [3.63, 3.8) is 0 Å². The smallest absolute Gasteiger partial charge is 0.0625 e. The van der Waals surface area contributed by atoms with Gasteiger partial charge in [0, 0.05) is 19.5 Å². The molecule has 2 bridgehead atoms. The zero-order chi connectivity index (χ0) is 11.7. The summed E-state index contributed by atoms with van der Waals surface area (Å²) in [5, 5.41) is 8.93. The lowest BCUT2D eigenvalue weighted by molar-refractivity contribution is 0.0320. The average Bonchev–Trinajstić information content (AvgIpc) is 2.41. The molecule has 3 aliphatic rings. The second-order valence-electron chi connectivity index (χ2n) is 5.35. The van der Waals surface area contributed by atoms with Gasteiger partial charge in [0.1, 0.15) is 0 Å². The van der Waals surface area contributed by atoms with E-state index in [1.165, 1.54) is 25.1 Å². The number of hydrogen-bond donors (Lipinski definition) is 0. The maximum atomic E-state index is 8.93. The maximum absolute atomic E-state index is 8.93. The van der Waals surface area contributed by atoms with Crippen LogP contribution in [0.2, 0.25) is 0 Å². The normalized spacial score (nSPS) is 35.5. The number of nitriles is 1. The Morgan fingerprint density at radius 2 is 2.06 bits per heavy atom. The van der Waals surface area contributed by atoms with Crippen LogP contribution in [0.1, 0.15) is 24.3 Å². The molecule has 3 heterocycles. The number of nitrogens with zero attached hydrogens (tertiary/aromatic N) is 2. The van der Waals surface area contributed by atoms with E-state index in [0.29, 0.717) is 11.8 Å². The summed E-state index contributed by atoms with van der Waals surface area (Å²) in [4.78, 5) is 2.54. The monoisotopic (exact) mass is 226 g/mol. The van der Waals surface area contributed by atoms with Crippen molar-refractivity contribution in [3.8, 4) is 6.07 Å². The molecule has 4 atom stereocenters. The molecule has 0 saturated carbocycles. The average molecular weight is 226 g/mol. The molecule has 0 spiro atoms. The summed E-state index contributed by atoms with van der Waals surface area (Å²) in [5.74, 6) is 1.96. The van der Waals surface area contributed by atoms with Crippen LogP contribution in [0.25, 0.3) is 0 Å². The number of benzene rings is 1. The van der Waals surface area contributed by atoms with Crippen molar-refractivity contribution in [2.45, 2.75) is 18.8 Å². The van der Waals surface area contributed by atoms with Crippen LogP contribution < -0.4 is 0 Å². The highest BCUT2D eigenvalue weighted by Crippen LogP contribution is 2.43. The lowest BCUT2D eigenvalue weighted by atomic mass is 9.69. The largest absolute Gasteiger partial charge is 0.302 e. The maximum Gasteiger partial charge on any atom is 0.0625 e. The quantitative estimate of drug-likeness (QED) is 0.775. The summed E-state index contributed by atoms with van der Waals surface area (Å²) in [7, 11) is 0. The van der Waals surface area contributed by atoms with Gasteiger partial charge in [0.05, 0.1) is 6.07 Å². The van der Waals surface area contributed by atoms with Crippen molar-refractivity contribution in [2.75, 3.05) is 19.6 Å². The Bertz CT molecular complexity index is 420. The minimum absolute atomic E-state index is 0.590. The molecule has 0 N–H and O–H groups in total. The van der Waals surface area contributed by atoms with Crippen molar-refractivity contribution < 1.29 is 0 Å². The Morgan fingerprint density at radius 1 is 1.24 bits per heavy atom. The molecule has 2 nitrogen and oxygen atoms in total. The first kappa shape index (κ1) is 10.8. The lowest BCUT2D eigenvalue weighted by Gasteiger charge is -2.49. The van der Waals surface area contributed by atoms with Gasteiger partial charge in [-0.2, -0.15) is 5.26 Å². The first-order valence-electron chi connectivity index (χ1n) is 6.52. The Labute approximate surface area is 103 Å². The molecule has 2 heteroatoms. The van der Waals surface area contributed by atoms with Crippen LogP contribution in [-0.2, 0) is 0 Å². The van der Waals surface area contributed by atoms with Gasteiger partial charge in [0.15, 0.2) is 0 Å². The molecule has 1 aromatic carbocycles. The Morgan fingerprint density at radius 3 is 2.76 bits per heavy atom. The number of fused-ring (bicyclic) bond motifs is 3. The van der Waals surface area contributed by atoms with E-state index in [0.717, 1.165) is 18.9 Å². The molecule has 1 unspecified atom stereocenters.